The van der Waals surface area contributed by atoms with Gasteiger partial charge in [0.1, 0.15) is 10.7 Å². The number of morpholine rings is 1. The molecule has 1 aromatic heterocycles. The van der Waals surface area contributed by atoms with Crippen molar-refractivity contribution >= 4 is 15.8 Å². The zero-order chi connectivity index (χ0) is 15.3. The Balaban J connectivity index is 2.18. The second-order valence-electron chi connectivity index (χ2n) is 4.83. The van der Waals surface area contributed by atoms with E-state index in [0.29, 0.717) is 12.4 Å². The molecular formula is C13H21N3O4S. The molecular weight excluding hydrogens is 294 g/mol. The number of nitrogens with one attached hydrogen (secondary N) is 1. The highest BCUT2D eigenvalue weighted by Gasteiger charge is 2.33. The average molecular weight is 315 g/mol. The van der Waals surface area contributed by atoms with Crippen molar-refractivity contribution in [1.82, 2.24) is 9.29 Å². The highest BCUT2D eigenvalue weighted by molar-refractivity contribution is 7.89. The fourth-order valence-electron chi connectivity index (χ4n) is 2.13. The summed E-state index contributed by atoms with van der Waals surface area (Å²) in [6.45, 7) is 3.35. The van der Waals surface area contributed by atoms with Gasteiger partial charge in [-0.15, -0.1) is 0 Å². The van der Waals surface area contributed by atoms with Crippen LogP contribution in [0.2, 0.25) is 0 Å². The SMILES string of the molecule is CCCNc1ccc(S(=O)(=O)N2CCOCC2CO)cn1. The molecule has 1 aromatic rings. The third kappa shape index (κ3) is 3.70. The Morgan fingerprint density at radius 1 is 1.52 bits per heavy atom. The van der Waals surface area contributed by atoms with Gasteiger partial charge in [-0.1, -0.05) is 6.92 Å². The predicted molar refractivity (Wildman–Crippen MR) is 78.6 cm³/mol. The van der Waals surface area contributed by atoms with E-state index in [4.69, 9.17) is 4.74 Å². The summed E-state index contributed by atoms with van der Waals surface area (Å²) in [7, 11) is -3.66. The van der Waals surface area contributed by atoms with E-state index in [1.165, 1.54) is 16.6 Å². The Labute approximate surface area is 125 Å². The number of aromatic nitrogens is 1. The lowest BCUT2D eigenvalue weighted by atomic mass is 10.3. The van der Waals surface area contributed by atoms with Crippen LogP contribution in [-0.2, 0) is 14.8 Å². The summed E-state index contributed by atoms with van der Waals surface area (Å²) in [5, 5.41) is 12.4. The molecule has 0 spiro atoms. The van der Waals surface area contributed by atoms with Gasteiger partial charge in [-0.3, -0.25) is 0 Å². The third-order valence-corrected chi connectivity index (χ3v) is 5.22. The van der Waals surface area contributed by atoms with Crippen LogP contribution in [0.15, 0.2) is 23.2 Å². The van der Waals surface area contributed by atoms with Crippen LogP contribution in [0.1, 0.15) is 13.3 Å². The van der Waals surface area contributed by atoms with E-state index in [9.17, 15) is 13.5 Å². The van der Waals surface area contributed by atoms with E-state index in [2.05, 4.69) is 10.3 Å². The normalized spacial score (nSPS) is 20.4. The minimum Gasteiger partial charge on any atom is -0.395 e. The standard InChI is InChI=1S/C13H21N3O4S/c1-2-5-14-13-4-3-12(8-15-13)21(18,19)16-6-7-20-10-11(16)9-17/h3-4,8,11,17H,2,5-7,9-10H2,1H3,(H,14,15). The first-order valence-corrected chi connectivity index (χ1v) is 8.44. The Bertz CT molecular complexity index is 547. The molecule has 21 heavy (non-hydrogen) atoms. The van der Waals surface area contributed by atoms with Gasteiger partial charge in [-0.05, 0) is 18.6 Å². The molecule has 0 aliphatic carbocycles. The van der Waals surface area contributed by atoms with Gasteiger partial charge in [0.05, 0.1) is 25.9 Å². The summed E-state index contributed by atoms with van der Waals surface area (Å²) in [5.74, 6) is 0.650. The van der Waals surface area contributed by atoms with Gasteiger partial charge in [0.2, 0.25) is 10.0 Å². The first kappa shape index (κ1) is 16.2. The van der Waals surface area contributed by atoms with Crippen LogP contribution >= 0.6 is 0 Å². The molecule has 1 atom stereocenters. The van der Waals surface area contributed by atoms with Crippen molar-refractivity contribution in [1.29, 1.82) is 0 Å². The molecule has 0 saturated carbocycles. The topological polar surface area (TPSA) is 91.8 Å². The molecule has 8 heteroatoms. The molecule has 1 unspecified atom stereocenters. The molecule has 1 saturated heterocycles. The Morgan fingerprint density at radius 2 is 2.33 bits per heavy atom. The van der Waals surface area contributed by atoms with Crippen molar-refractivity contribution < 1.29 is 18.3 Å². The van der Waals surface area contributed by atoms with Crippen LogP contribution in [-0.4, -0.2) is 61.8 Å². The van der Waals surface area contributed by atoms with E-state index < -0.39 is 16.1 Å². The quantitative estimate of drug-likeness (QED) is 0.784. The van der Waals surface area contributed by atoms with Crippen LogP contribution in [0, 0.1) is 0 Å². The van der Waals surface area contributed by atoms with Crippen molar-refractivity contribution in [3.8, 4) is 0 Å². The van der Waals surface area contributed by atoms with Crippen molar-refractivity contribution in [2.45, 2.75) is 24.3 Å². The zero-order valence-electron chi connectivity index (χ0n) is 12.0. The Morgan fingerprint density at radius 3 is 2.95 bits per heavy atom. The summed E-state index contributed by atoms with van der Waals surface area (Å²) < 4.78 is 31.7. The molecule has 7 nitrogen and oxygen atoms in total. The molecule has 0 amide bonds. The third-order valence-electron chi connectivity index (χ3n) is 3.28. The lowest BCUT2D eigenvalue weighted by Crippen LogP contribution is -2.50. The van der Waals surface area contributed by atoms with Crippen LogP contribution < -0.4 is 5.32 Å². The number of hydrogen-bond acceptors (Lipinski definition) is 6. The highest BCUT2D eigenvalue weighted by atomic mass is 32.2. The van der Waals surface area contributed by atoms with Gasteiger partial charge in [0.15, 0.2) is 0 Å². The molecule has 2 N–H and O–H groups in total. The first-order chi connectivity index (χ1) is 10.1. The first-order valence-electron chi connectivity index (χ1n) is 7.00. The minimum atomic E-state index is -3.66. The van der Waals surface area contributed by atoms with Gasteiger partial charge in [0.25, 0.3) is 0 Å². The van der Waals surface area contributed by atoms with Crippen LogP contribution in [0.4, 0.5) is 5.82 Å². The zero-order valence-corrected chi connectivity index (χ0v) is 12.8. The lowest BCUT2D eigenvalue weighted by Gasteiger charge is -2.33. The van der Waals surface area contributed by atoms with Gasteiger partial charge >= 0.3 is 0 Å². The number of ether oxygens (including phenoxy) is 1. The summed E-state index contributed by atoms with van der Waals surface area (Å²) in [4.78, 5) is 4.25. The minimum absolute atomic E-state index is 0.130. The summed E-state index contributed by atoms with van der Waals surface area (Å²) in [6, 6.07) is 2.64. The summed E-state index contributed by atoms with van der Waals surface area (Å²) >= 11 is 0. The number of pyridine rings is 1. The molecule has 1 aliphatic heterocycles. The molecule has 0 bridgehead atoms. The molecule has 0 radical (unpaired) electrons. The Kier molecular flexibility index (Phi) is 5.51. The number of hydrogen-bond donors (Lipinski definition) is 2. The average Bonchev–Trinajstić information content (AvgIpc) is 2.53. The fourth-order valence-corrected chi connectivity index (χ4v) is 3.66. The molecule has 1 fully saturated rings. The number of anilines is 1. The number of aliphatic hydroxyl groups excluding tert-OH is 1. The second kappa shape index (κ2) is 7.17. The van der Waals surface area contributed by atoms with E-state index in [0.717, 1.165) is 13.0 Å². The molecule has 2 rings (SSSR count). The van der Waals surface area contributed by atoms with Crippen LogP contribution in [0.25, 0.3) is 0 Å². The molecule has 1 aliphatic rings. The maximum atomic E-state index is 12.6. The van der Waals surface area contributed by atoms with Crippen molar-refractivity contribution in [2.24, 2.45) is 0 Å². The summed E-state index contributed by atoms with van der Waals surface area (Å²) in [5.41, 5.74) is 0. The lowest BCUT2D eigenvalue weighted by molar-refractivity contribution is 0.0109. The second-order valence-corrected chi connectivity index (χ2v) is 6.72. The van der Waals surface area contributed by atoms with E-state index in [1.54, 1.807) is 6.07 Å². The maximum absolute atomic E-state index is 12.6. The smallest absolute Gasteiger partial charge is 0.245 e. The van der Waals surface area contributed by atoms with Crippen molar-refractivity contribution in [3.05, 3.63) is 18.3 Å². The fraction of sp³-hybridized carbons (Fsp3) is 0.615. The number of aliphatic hydroxyl groups is 1. The number of sulfonamides is 1. The van der Waals surface area contributed by atoms with Crippen molar-refractivity contribution in [2.75, 3.05) is 38.2 Å². The monoisotopic (exact) mass is 315 g/mol. The highest BCUT2D eigenvalue weighted by Crippen LogP contribution is 2.20. The van der Waals surface area contributed by atoms with Crippen molar-refractivity contribution in [3.63, 3.8) is 0 Å². The van der Waals surface area contributed by atoms with Gasteiger partial charge in [-0.2, -0.15) is 4.31 Å². The largest absolute Gasteiger partial charge is 0.395 e. The number of rotatable bonds is 6. The number of nitrogens with zero attached hydrogens (tertiary/aromatic N) is 2. The molecule has 0 aromatic carbocycles. The van der Waals surface area contributed by atoms with Crippen LogP contribution in [0.3, 0.4) is 0 Å². The van der Waals surface area contributed by atoms with Crippen LogP contribution in [0.5, 0.6) is 0 Å². The van der Waals surface area contributed by atoms with E-state index >= 15 is 0 Å². The van der Waals surface area contributed by atoms with E-state index in [-0.39, 0.29) is 24.7 Å². The molecule has 118 valence electrons. The van der Waals surface area contributed by atoms with Gasteiger partial charge < -0.3 is 15.2 Å². The van der Waals surface area contributed by atoms with Gasteiger partial charge in [0, 0.05) is 19.3 Å². The van der Waals surface area contributed by atoms with E-state index in [1.807, 2.05) is 6.92 Å². The molecule has 2 heterocycles. The maximum Gasteiger partial charge on any atom is 0.245 e. The predicted octanol–water partition coefficient (Wildman–Crippen LogP) is 0.285. The van der Waals surface area contributed by atoms with Gasteiger partial charge in [-0.25, -0.2) is 13.4 Å². The Hall–Kier alpha value is -1.22. The summed E-state index contributed by atoms with van der Waals surface area (Å²) in [6.07, 6.45) is 2.31.